The van der Waals surface area contributed by atoms with E-state index in [0.717, 1.165) is 5.69 Å². The predicted molar refractivity (Wildman–Crippen MR) is 55.6 cm³/mol. The van der Waals surface area contributed by atoms with Crippen molar-refractivity contribution in [1.82, 2.24) is 4.98 Å². The van der Waals surface area contributed by atoms with Gasteiger partial charge in [-0.1, -0.05) is 0 Å². The molecule has 13 heavy (non-hydrogen) atoms. The lowest BCUT2D eigenvalue weighted by Crippen LogP contribution is -2.35. The number of nitrogens with two attached hydrogens (primary N) is 2. The van der Waals surface area contributed by atoms with Gasteiger partial charge in [-0.3, -0.25) is 4.98 Å². The van der Waals surface area contributed by atoms with Crippen LogP contribution in [0, 0.1) is 0 Å². The number of aromatic nitrogens is 1. The fourth-order valence-electron chi connectivity index (χ4n) is 1.12. The molecule has 1 unspecified atom stereocenters. The summed E-state index contributed by atoms with van der Waals surface area (Å²) in [4.78, 5) is 5.98. The standard InChI is InChI=1S/C9H16N4/c1-7(5-10)13(2)9-3-4-12-6-8(9)11/h3-4,6-7H,5,10-11H2,1-2H3. The van der Waals surface area contributed by atoms with Crippen LogP contribution in [-0.2, 0) is 0 Å². The molecule has 0 saturated heterocycles. The van der Waals surface area contributed by atoms with Crippen LogP contribution < -0.4 is 16.4 Å². The Kier molecular flexibility index (Phi) is 3.08. The lowest BCUT2D eigenvalue weighted by molar-refractivity contribution is 0.696. The molecule has 4 heteroatoms. The number of rotatable bonds is 3. The number of likely N-dealkylation sites (N-methyl/N-ethyl adjacent to an activating group) is 1. The van der Waals surface area contributed by atoms with E-state index in [1.165, 1.54) is 0 Å². The van der Waals surface area contributed by atoms with Gasteiger partial charge in [0.25, 0.3) is 0 Å². The van der Waals surface area contributed by atoms with Crippen molar-refractivity contribution in [2.75, 3.05) is 24.2 Å². The molecule has 4 N–H and O–H groups in total. The van der Waals surface area contributed by atoms with E-state index in [9.17, 15) is 0 Å². The lowest BCUT2D eigenvalue weighted by Gasteiger charge is -2.26. The highest BCUT2D eigenvalue weighted by atomic mass is 15.1. The van der Waals surface area contributed by atoms with Crippen molar-refractivity contribution >= 4 is 11.4 Å². The zero-order chi connectivity index (χ0) is 9.84. The molecule has 0 aliphatic heterocycles. The second-order valence-electron chi connectivity index (χ2n) is 3.13. The molecule has 1 rings (SSSR count). The second kappa shape index (κ2) is 4.09. The lowest BCUT2D eigenvalue weighted by atomic mass is 10.2. The van der Waals surface area contributed by atoms with Crippen molar-refractivity contribution in [2.45, 2.75) is 13.0 Å². The minimum absolute atomic E-state index is 0.282. The Morgan fingerprint density at radius 1 is 1.62 bits per heavy atom. The van der Waals surface area contributed by atoms with E-state index in [1.54, 1.807) is 12.4 Å². The number of anilines is 2. The Labute approximate surface area is 78.6 Å². The van der Waals surface area contributed by atoms with Gasteiger partial charge in [0, 0.05) is 25.8 Å². The first-order valence-corrected chi connectivity index (χ1v) is 4.29. The van der Waals surface area contributed by atoms with E-state index in [4.69, 9.17) is 11.5 Å². The largest absolute Gasteiger partial charge is 0.396 e. The average molecular weight is 180 g/mol. The van der Waals surface area contributed by atoms with Crippen molar-refractivity contribution in [3.05, 3.63) is 18.5 Å². The second-order valence-corrected chi connectivity index (χ2v) is 3.13. The first kappa shape index (κ1) is 9.80. The summed E-state index contributed by atoms with van der Waals surface area (Å²) in [7, 11) is 1.98. The van der Waals surface area contributed by atoms with Crippen molar-refractivity contribution in [3.8, 4) is 0 Å². The van der Waals surface area contributed by atoms with E-state index >= 15 is 0 Å². The van der Waals surface area contributed by atoms with Crippen molar-refractivity contribution in [1.29, 1.82) is 0 Å². The monoisotopic (exact) mass is 180 g/mol. The molecule has 72 valence electrons. The van der Waals surface area contributed by atoms with Crippen LogP contribution in [-0.4, -0.2) is 24.6 Å². The van der Waals surface area contributed by atoms with E-state index in [-0.39, 0.29) is 6.04 Å². The van der Waals surface area contributed by atoms with Gasteiger partial charge in [-0.05, 0) is 13.0 Å². The summed E-state index contributed by atoms with van der Waals surface area (Å²) in [5, 5.41) is 0. The van der Waals surface area contributed by atoms with Gasteiger partial charge in [-0.25, -0.2) is 0 Å². The molecular weight excluding hydrogens is 164 g/mol. The normalized spacial score (nSPS) is 12.5. The van der Waals surface area contributed by atoms with Crippen molar-refractivity contribution in [2.24, 2.45) is 5.73 Å². The summed E-state index contributed by atoms with van der Waals surface area (Å²) >= 11 is 0. The molecule has 1 aromatic heterocycles. The fraction of sp³-hybridized carbons (Fsp3) is 0.444. The minimum atomic E-state index is 0.282. The van der Waals surface area contributed by atoms with Gasteiger partial charge in [0.15, 0.2) is 0 Å². The molecule has 0 bridgehead atoms. The molecule has 1 aromatic rings. The number of hydrogen-bond donors (Lipinski definition) is 2. The van der Waals surface area contributed by atoms with Crippen LogP contribution in [0.1, 0.15) is 6.92 Å². The minimum Gasteiger partial charge on any atom is -0.396 e. The van der Waals surface area contributed by atoms with E-state index in [1.807, 2.05) is 13.1 Å². The summed E-state index contributed by atoms with van der Waals surface area (Å²) in [6.07, 6.45) is 3.38. The number of hydrogen-bond acceptors (Lipinski definition) is 4. The molecule has 4 nitrogen and oxygen atoms in total. The quantitative estimate of drug-likeness (QED) is 0.708. The predicted octanol–water partition coefficient (Wildman–Crippen LogP) is 0.447. The van der Waals surface area contributed by atoms with E-state index < -0.39 is 0 Å². The Balaban J connectivity index is 2.88. The van der Waals surface area contributed by atoms with E-state index in [2.05, 4.69) is 16.8 Å². The average Bonchev–Trinajstić information content (AvgIpc) is 2.16. The van der Waals surface area contributed by atoms with Gasteiger partial charge in [0.1, 0.15) is 0 Å². The zero-order valence-electron chi connectivity index (χ0n) is 8.07. The Morgan fingerprint density at radius 3 is 2.85 bits per heavy atom. The van der Waals surface area contributed by atoms with Gasteiger partial charge in [0.2, 0.25) is 0 Å². The maximum absolute atomic E-state index is 5.77. The number of pyridine rings is 1. The zero-order valence-corrected chi connectivity index (χ0v) is 8.07. The molecule has 0 fully saturated rings. The third-order valence-corrected chi connectivity index (χ3v) is 2.21. The molecule has 0 aliphatic carbocycles. The van der Waals surface area contributed by atoms with Crippen LogP contribution in [0.2, 0.25) is 0 Å². The number of nitrogen functional groups attached to an aromatic ring is 1. The molecule has 0 saturated carbocycles. The number of nitrogens with zero attached hydrogens (tertiary/aromatic N) is 2. The highest BCUT2D eigenvalue weighted by Gasteiger charge is 2.09. The van der Waals surface area contributed by atoms with Crippen LogP contribution in [0.3, 0.4) is 0 Å². The van der Waals surface area contributed by atoms with Gasteiger partial charge < -0.3 is 16.4 Å². The first-order valence-electron chi connectivity index (χ1n) is 4.29. The maximum Gasteiger partial charge on any atom is 0.0738 e. The summed E-state index contributed by atoms with van der Waals surface area (Å²) < 4.78 is 0. The summed E-state index contributed by atoms with van der Waals surface area (Å²) in [5.41, 5.74) is 13.0. The molecule has 1 atom stereocenters. The third kappa shape index (κ3) is 2.09. The Hall–Kier alpha value is -1.29. The van der Waals surface area contributed by atoms with Crippen LogP contribution >= 0.6 is 0 Å². The van der Waals surface area contributed by atoms with Gasteiger partial charge >= 0.3 is 0 Å². The fourth-order valence-corrected chi connectivity index (χ4v) is 1.12. The third-order valence-electron chi connectivity index (χ3n) is 2.21. The molecule has 0 amide bonds. The topological polar surface area (TPSA) is 68.2 Å². The van der Waals surface area contributed by atoms with Crippen molar-refractivity contribution in [3.63, 3.8) is 0 Å². The summed E-state index contributed by atoms with van der Waals surface area (Å²) in [6, 6.07) is 2.17. The van der Waals surface area contributed by atoms with Crippen LogP contribution in [0.15, 0.2) is 18.5 Å². The SMILES string of the molecule is CC(CN)N(C)c1ccncc1N. The van der Waals surface area contributed by atoms with Crippen molar-refractivity contribution < 1.29 is 0 Å². The smallest absolute Gasteiger partial charge is 0.0738 e. The van der Waals surface area contributed by atoms with Gasteiger partial charge in [0.05, 0.1) is 17.6 Å². The van der Waals surface area contributed by atoms with Gasteiger partial charge in [-0.2, -0.15) is 0 Å². The summed E-state index contributed by atoms with van der Waals surface area (Å²) in [6.45, 7) is 2.66. The van der Waals surface area contributed by atoms with Crippen LogP contribution in [0.25, 0.3) is 0 Å². The molecule has 1 heterocycles. The molecule has 0 radical (unpaired) electrons. The molecular formula is C9H16N4. The van der Waals surface area contributed by atoms with Crippen LogP contribution in [0.5, 0.6) is 0 Å². The Morgan fingerprint density at radius 2 is 2.31 bits per heavy atom. The molecule has 0 aromatic carbocycles. The maximum atomic E-state index is 5.77. The van der Waals surface area contributed by atoms with Gasteiger partial charge in [-0.15, -0.1) is 0 Å². The highest BCUT2D eigenvalue weighted by molar-refractivity contribution is 5.65. The first-order chi connectivity index (χ1) is 6.16. The van der Waals surface area contributed by atoms with Crippen LogP contribution in [0.4, 0.5) is 11.4 Å². The molecule has 0 aliphatic rings. The van der Waals surface area contributed by atoms with E-state index in [0.29, 0.717) is 12.2 Å². The highest BCUT2D eigenvalue weighted by Crippen LogP contribution is 2.21. The Bertz CT molecular complexity index is 274. The molecule has 0 spiro atoms. The summed E-state index contributed by atoms with van der Waals surface area (Å²) in [5.74, 6) is 0.